The first-order valence-corrected chi connectivity index (χ1v) is 4.98. The number of rotatable bonds is 5. The molecular formula is C7H12F3NO2S. The van der Waals surface area contributed by atoms with Gasteiger partial charge in [0.1, 0.15) is 6.04 Å². The van der Waals surface area contributed by atoms with Crippen LogP contribution in [-0.2, 0) is 9.53 Å². The lowest BCUT2D eigenvalue weighted by Gasteiger charge is -2.10. The van der Waals surface area contributed by atoms with Gasteiger partial charge in [-0.3, -0.25) is 4.79 Å². The van der Waals surface area contributed by atoms with Gasteiger partial charge in [-0.2, -0.15) is 13.2 Å². The number of nitrogens with two attached hydrogens (primary N) is 1. The summed E-state index contributed by atoms with van der Waals surface area (Å²) in [6.07, 6.45) is -0.0387. The molecule has 84 valence electrons. The fourth-order valence-electron chi connectivity index (χ4n) is 0.669. The van der Waals surface area contributed by atoms with Gasteiger partial charge in [0.05, 0.1) is 6.61 Å². The Hall–Kier alpha value is -0.430. The van der Waals surface area contributed by atoms with Crippen LogP contribution in [0.1, 0.15) is 13.3 Å². The van der Waals surface area contributed by atoms with Gasteiger partial charge < -0.3 is 10.5 Å². The van der Waals surface area contributed by atoms with Crippen molar-refractivity contribution in [2.75, 3.05) is 12.4 Å². The summed E-state index contributed by atoms with van der Waals surface area (Å²) in [7, 11) is 0. The van der Waals surface area contributed by atoms with Crippen LogP contribution in [-0.4, -0.2) is 29.9 Å². The molecule has 3 nitrogen and oxygen atoms in total. The zero-order valence-corrected chi connectivity index (χ0v) is 8.45. The number of esters is 1. The molecule has 1 atom stereocenters. The summed E-state index contributed by atoms with van der Waals surface area (Å²) in [4.78, 5) is 10.9. The molecule has 0 aliphatic carbocycles. The van der Waals surface area contributed by atoms with Crippen LogP contribution in [0.3, 0.4) is 0 Å². The monoisotopic (exact) mass is 231 g/mol. The number of hydrogen-bond acceptors (Lipinski definition) is 4. The number of halogens is 3. The van der Waals surface area contributed by atoms with Crippen molar-refractivity contribution in [3.8, 4) is 0 Å². The highest BCUT2D eigenvalue weighted by Crippen LogP contribution is 2.30. The Labute approximate surface area is 84.2 Å². The Balaban J connectivity index is 3.63. The van der Waals surface area contributed by atoms with E-state index in [1.807, 2.05) is 0 Å². The van der Waals surface area contributed by atoms with Gasteiger partial charge >= 0.3 is 11.5 Å². The molecule has 7 heteroatoms. The number of alkyl halides is 3. The summed E-state index contributed by atoms with van der Waals surface area (Å²) in [6.45, 7) is 1.79. The summed E-state index contributed by atoms with van der Waals surface area (Å²) in [5.41, 5.74) is 1.01. The van der Waals surface area contributed by atoms with E-state index >= 15 is 0 Å². The minimum Gasteiger partial charge on any atom is -0.465 e. The molecule has 0 aromatic carbocycles. The molecule has 0 radical (unpaired) electrons. The molecular weight excluding hydrogens is 219 g/mol. The normalized spacial score (nSPS) is 13.8. The standard InChI is InChI=1S/C7H12F3NO2S/c1-2-13-6(12)5(11)3-4-14-7(8,9)10/h5H,2-4,11H2,1H3/t5-/m0/s1. The summed E-state index contributed by atoms with van der Waals surface area (Å²) in [5, 5.41) is 0. The first-order valence-electron chi connectivity index (χ1n) is 3.99. The minimum absolute atomic E-state index is 0.0387. The highest BCUT2D eigenvalue weighted by molar-refractivity contribution is 8.00. The molecule has 0 unspecified atom stereocenters. The quantitative estimate of drug-likeness (QED) is 0.729. The van der Waals surface area contributed by atoms with Crippen LogP contribution >= 0.6 is 11.8 Å². The molecule has 14 heavy (non-hydrogen) atoms. The average Bonchev–Trinajstić information content (AvgIpc) is 2.02. The summed E-state index contributed by atoms with van der Waals surface area (Å²) < 4.78 is 39.5. The lowest BCUT2D eigenvalue weighted by Crippen LogP contribution is -2.33. The Morgan fingerprint density at radius 1 is 1.57 bits per heavy atom. The van der Waals surface area contributed by atoms with Gasteiger partial charge in [0.25, 0.3) is 0 Å². The van der Waals surface area contributed by atoms with Crippen molar-refractivity contribution in [3.63, 3.8) is 0 Å². The molecule has 0 amide bonds. The zero-order chi connectivity index (χ0) is 11.2. The molecule has 0 aliphatic rings. The van der Waals surface area contributed by atoms with Crippen LogP contribution in [0.5, 0.6) is 0 Å². The van der Waals surface area contributed by atoms with Gasteiger partial charge in [0.15, 0.2) is 0 Å². The van der Waals surface area contributed by atoms with Gasteiger partial charge in [-0.05, 0) is 13.3 Å². The van der Waals surface area contributed by atoms with Crippen molar-refractivity contribution < 1.29 is 22.7 Å². The van der Waals surface area contributed by atoms with Gasteiger partial charge in [-0.1, -0.05) is 11.8 Å². The molecule has 2 N–H and O–H groups in total. The van der Waals surface area contributed by atoms with Gasteiger partial charge in [0.2, 0.25) is 0 Å². The van der Waals surface area contributed by atoms with Crippen molar-refractivity contribution in [2.45, 2.75) is 24.9 Å². The summed E-state index contributed by atoms with van der Waals surface area (Å²) in [6, 6.07) is -0.968. The van der Waals surface area contributed by atoms with Crippen molar-refractivity contribution in [2.24, 2.45) is 5.73 Å². The number of carbonyl (C=O) groups is 1. The van der Waals surface area contributed by atoms with E-state index < -0.39 is 17.5 Å². The van der Waals surface area contributed by atoms with Gasteiger partial charge in [0, 0.05) is 5.75 Å². The molecule has 0 aliphatic heterocycles. The second kappa shape index (κ2) is 6.13. The van der Waals surface area contributed by atoms with Crippen LogP contribution in [0.15, 0.2) is 0 Å². The second-order valence-electron chi connectivity index (χ2n) is 2.44. The number of carbonyl (C=O) groups excluding carboxylic acids is 1. The number of thioether (sulfide) groups is 1. The third-order valence-corrected chi connectivity index (χ3v) is 2.05. The van der Waals surface area contributed by atoms with E-state index in [1.165, 1.54) is 0 Å². The lowest BCUT2D eigenvalue weighted by molar-refractivity contribution is -0.144. The molecule has 0 spiro atoms. The third-order valence-electron chi connectivity index (χ3n) is 1.28. The van der Waals surface area contributed by atoms with Crippen LogP contribution in [0.4, 0.5) is 13.2 Å². The number of hydrogen-bond donors (Lipinski definition) is 1. The van der Waals surface area contributed by atoms with E-state index in [4.69, 9.17) is 5.73 Å². The maximum Gasteiger partial charge on any atom is 0.441 e. The fraction of sp³-hybridized carbons (Fsp3) is 0.857. The topological polar surface area (TPSA) is 52.3 Å². The molecule has 0 saturated heterocycles. The Morgan fingerprint density at radius 3 is 2.57 bits per heavy atom. The van der Waals surface area contributed by atoms with E-state index in [-0.39, 0.29) is 30.5 Å². The molecule has 0 fully saturated rings. The molecule has 0 heterocycles. The summed E-state index contributed by atoms with van der Waals surface area (Å²) >= 11 is -0.190. The van der Waals surface area contributed by atoms with Crippen LogP contribution in [0.25, 0.3) is 0 Å². The summed E-state index contributed by atoms with van der Waals surface area (Å²) in [5.74, 6) is -0.890. The lowest BCUT2D eigenvalue weighted by atomic mass is 10.2. The largest absolute Gasteiger partial charge is 0.465 e. The predicted molar refractivity (Wildman–Crippen MR) is 47.7 cm³/mol. The zero-order valence-electron chi connectivity index (χ0n) is 7.63. The van der Waals surface area contributed by atoms with E-state index in [2.05, 4.69) is 4.74 Å². The van der Waals surface area contributed by atoms with Crippen molar-refractivity contribution in [3.05, 3.63) is 0 Å². The van der Waals surface area contributed by atoms with E-state index in [0.717, 1.165) is 0 Å². The van der Waals surface area contributed by atoms with E-state index in [1.54, 1.807) is 6.92 Å². The van der Waals surface area contributed by atoms with Crippen molar-refractivity contribution in [1.29, 1.82) is 0 Å². The average molecular weight is 231 g/mol. The SMILES string of the molecule is CCOC(=O)[C@@H](N)CCSC(F)(F)F. The van der Waals surface area contributed by atoms with Crippen LogP contribution in [0.2, 0.25) is 0 Å². The smallest absolute Gasteiger partial charge is 0.441 e. The highest BCUT2D eigenvalue weighted by Gasteiger charge is 2.28. The third kappa shape index (κ3) is 7.02. The van der Waals surface area contributed by atoms with Crippen LogP contribution in [0, 0.1) is 0 Å². The van der Waals surface area contributed by atoms with E-state index in [0.29, 0.717) is 0 Å². The van der Waals surface area contributed by atoms with E-state index in [9.17, 15) is 18.0 Å². The van der Waals surface area contributed by atoms with Gasteiger partial charge in [-0.15, -0.1) is 0 Å². The fourth-order valence-corrected chi connectivity index (χ4v) is 1.27. The molecule has 0 aromatic heterocycles. The molecule has 0 aromatic rings. The van der Waals surface area contributed by atoms with Crippen LogP contribution < -0.4 is 5.73 Å². The maximum absolute atomic E-state index is 11.7. The molecule has 0 bridgehead atoms. The Kier molecular flexibility index (Phi) is 5.94. The Morgan fingerprint density at radius 2 is 2.14 bits per heavy atom. The molecule has 0 rings (SSSR count). The Bertz CT molecular complexity index is 186. The second-order valence-corrected chi connectivity index (χ2v) is 3.60. The first kappa shape index (κ1) is 13.6. The van der Waals surface area contributed by atoms with Crippen molar-refractivity contribution >= 4 is 17.7 Å². The predicted octanol–water partition coefficient (Wildman–Crippen LogP) is 1.52. The number of ether oxygens (including phenoxy) is 1. The van der Waals surface area contributed by atoms with Crippen molar-refractivity contribution in [1.82, 2.24) is 0 Å². The maximum atomic E-state index is 11.7. The minimum atomic E-state index is -4.27. The van der Waals surface area contributed by atoms with Gasteiger partial charge in [-0.25, -0.2) is 0 Å². The highest BCUT2D eigenvalue weighted by atomic mass is 32.2. The molecule has 0 saturated carbocycles. The first-order chi connectivity index (χ1) is 6.37.